The van der Waals surface area contributed by atoms with Crippen LogP contribution < -0.4 is 5.73 Å². The van der Waals surface area contributed by atoms with Gasteiger partial charge in [-0.15, -0.1) is 5.10 Å². The van der Waals surface area contributed by atoms with Gasteiger partial charge in [0.1, 0.15) is 5.76 Å². The number of hydrogen-bond donors (Lipinski definition) is 2. The molecule has 3 heterocycles. The number of furan rings is 1. The van der Waals surface area contributed by atoms with E-state index in [0.717, 1.165) is 17.1 Å². The van der Waals surface area contributed by atoms with Crippen LogP contribution in [-0.2, 0) is 6.54 Å². The van der Waals surface area contributed by atoms with Crippen LogP contribution in [0.25, 0.3) is 0 Å². The summed E-state index contributed by atoms with van der Waals surface area (Å²) in [5.41, 5.74) is 8.17. The summed E-state index contributed by atoms with van der Waals surface area (Å²) in [6, 6.07) is 5.70. The molecule has 0 fully saturated rings. The number of ketones is 1. The number of hydrogen-bond acceptors (Lipinski definition) is 6. The maximum absolute atomic E-state index is 12.8. The highest BCUT2D eigenvalue weighted by Crippen LogP contribution is 2.26. The van der Waals surface area contributed by atoms with Gasteiger partial charge in [-0.05, 0) is 39.0 Å². The number of thioether (sulfide) groups is 1. The number of aryl methyl sites for hydroxylation is 1. The smallest absolute Gasteiger partial charge is 0.216 e. The van der Waals surface area contributed by atoms with Gasteiger partial charge in [-0.3, -0.25) is 4.79 Å². The normalized spacial score (nSPS) is 12.5. The van der Waals surface area contributed by atoms with Gasteiger partial charge in [-0.2, -0.15) is 4.98 Å². The van der Waals surface area contributed by atoms with Gasteiger partial charge in [0.2, 0.25) is 11.1 Å². The van der Waals surface area contributed by atoms with Gasteiger partial charge < -0.3 is 14.7 Å². The van der Waals surface area contributed by atoms with Crippen LogP contribution in [0, 0.1) is 13.8 Å². The number of carbonyl (C=O) groups excluding carboxylic acids is 1. The van der Waals surface area contributed by atoms with Crippen LogP contribution in [0.2, 0.25) is 0 Å². The molecule has 1 atom stereocenters. The Morgan fingerprint density at radius 1 is 1.50 bits per heavy atom. The zero-order valence-electron chi connectivity index (χ0n) is 13.7. The van der Waals surface area contributed by atoms with Crippen molar-refractivity contribution in [1.82, 2.24) is 19.7 Å². The monoisotopic (exact) mass is 345 g/mol. The average molecular weight is 345 g/mol. The largest absolute Gasteiger partial charge is 0.467 e. The van der Waals surface area contributed by atoms with Crippen LogP contribution in [-0.4, -0.2) is 30.8 Å². The number of aromatic amines is 1. The predicted octanol–water partition coefficient (Wildman–Crippen LogP) is 2.81. The van der Waals surface area contributed by atoms with Gasteiger partial charge in [0.25, 0.3) is 0 Å². The summed E-state index contributed by atoms with van der Waals surface area (Å²) in [7, 11) is 0. The molecule has 0 saturated heterocycles. The minimum absolute atomic E-state index is 0.0437. The lowest BCUT2D eigenvalue weighted by molar-refractivity contribution is 0.0993. The number of H-pyrrole nitrogens is 1. The number of anilines is 1. The maximum atomic E-state index is 12.8. The van der Waals surface area contributed by atoms with Crippen LogP contribution in [0.15, 0.2) is 34.0 Å². The second-order valence-corrected chi connectivity index (χ2v) is 6.89. The van der Waals surface area contributed by atoms with Crippen molar-refractivity contribution in [3.05, 3.63) is 47.2 Å². The fraction of sp³-hybridized carbons (Fsp3) is 0.312. The molecular formula is C16H19N5O2S. The SMILES string of the molecule is Cc1cc(C(=O)[C@H](C)Sc2n[nH]c(N)n2)c(C)n1Cc1ccco1. The molecule has 0 saturated carbocycles. The van der Waals surface area contributed by atoms with Gasteiger partial charge in [0, 0.05) is 17.0 Å². The summed E-state index contributed by atoms with van der Waals surface area (Å²) in [5, 5.41) is 6.69. The van der Waals surface area contributed by atoms with E-state index < -0.39 is 0 Å². The maximum Gasteiger partial charge on any atom is 0.216 e. The molecule has 0 aromatic carbocycles. The van der Waals surface area contributed by atoms with Crippen LogP contribution in [0.3, 0.4) is 0 Å². The lowest BCUT2D eigenvalue weighted by Gasteiger charge is -2.10. The molecule has 0 aliphatic heterocycles. The lowest BCUT2D eigenvalue weighted by Crippen LogP contribution is -2.15. The van der Waals surface area contributed by atoms with Gasteiger partial charge in [-0.25, -0.2) is 5.10 Å². The van der Waals surface area contributed by atoms with E-state index in [1.807, 2.05) is 39.0 Å². The number of nitrogen functional groups attached to an aromatic ring is 1. The minimum atomic E-state index is -0.308. The fourth-order valence-electron chi connectivity index (χ4n) is 2.59. The topological polar surface area (TPSA) is 103 Å². The Hall–Kier alpha value is -2.48. The number of nitrogens with two attached hydrogens (primary N) is 1. The number of carbonyl (C=O) groups is 1. The zero-order valence-corrected chi connectivity index (χ0v) is 14.6. The van der Waals surface area contributed by atoms with Crippen molar-refractivity contribution >= 4 is 23.5 Å². The molecule has 3 aromatic rings. The highest BCUT2D eigenvalue weighted by Gasteiger charge is 2.23. The molecule has 0 bridgehead atoms. The van der Waals surface area contributed by atoms with Gasteiger partial charge >= 0.3 is 0 Å². The molecule has 3 aromatic heterocycles. The second kappa shape index (κ2) is 6.56. The molecular weight excluding hydrogens is 326 g/mol. The summed E-state index contributed by atoms with van der Waals surface area (Å²) >= 11 is 1.29. The van der Waals surface area contributed by atoms with E-state index in [-0.39, 0.29) is 17.0 Å². The Morgan fingerprint density at radius 3 is 2.92 bits per heavy atom. The first kappa shape index (κ1) is 16.4. The number of rotatable bonds is 6. The molecule has 0 unspecified atom stereocenters. The van der Waals surface area contributed by atoms with E-state index in [0.29, 0.717) is 17.3 Å². The van der Waals surface area contributed by atoms with E-state index in [9.17, 15) is 4.79 Å². The van der Waals surface area contributed by atoms with E-state index in [1.165, 1.54) is 11.8 Å². The van der Waals surface area contributed by atoms with Crippen LogP contribution >= 0.6 is 11.8 Å². The van der Waals surface area contributed by atoms with Crippen molar-refractivity contribution in [2.45, 2.75) is 37.7 Å². The third-order valence-corrected chi connectivity index (χ3v) is 4.83. The molecule has 3 rings (SSSR count). The second-order valence-electron chi connectivity index (χ2n) is 5.58. The first-order valence-corrected chi connectivity index (χ1v) is 8.41. The van der Waals surface area contributed by atoms with Gasteiger partial charge in [-0.1, -0.05) is 11.8 Å². The minimum Gasteiger partial charge on any atom is -0.467 e. The summed E-state index contributed by atoms with van der Waals surface area (Å²) in [6.45, 7) is 6.39. The molecule has 0 radical (unpaired) electrons. The Kier molecular flexibility index (Phi) is 4.48. The van der Waals surface area contributed by atoms with Gasteiger partial charge in [0.15, 0.2) is 5.78 Å². The third kappa shape index (κ3) is 3.23. The molecule has 3 N–H and O–H groups in total. The molecule has 24 heavy (non-hydrogen) atoms. The van der Waals surface area contributed by atoms with Crippen molar-refractivity contribution in [3.63, 3.8) is 0 Å². The Morgan fingerprint density at radius 2 is 2.29 bits per heavy atom. The van der Waals surface area contributed by atoms with E-state index in [1.54, 1.807) is 6.26 Å². The highest BCUT2D eigenvalue weighted by atomic mass is 32.2. The quantitative estimate of drug-likeness (QED) is 0.526. The highest BCUT2D eigenvalue weighted by molar-refractivity contribution is 8.00. The molecule has 0 aliphatic rings. The van der Waals surface area contributed by atoms with E-state index >= 15 is 0 Å². The number of nitrogens with zero attached hydrogens (tertiary/aromatic N) is 3. The summed E-state index contributed by atoms with van der Waals surface area (Å²) in [4.78, 5) is 16.8. The number of nitrogens with one attached hydrogen (secondary N) is 1. The Bertz CT molecular complexity index is 850. The van der Waals surface area contributed by atoms with Crippen molar-refractivity contribution < 1.29 is 9.21 Å². The number of aromatic nitrogens is 4. The lowest BCUT2D eigenvalue weighted by atomic mass is 10.1. The fourth-order valence-corrected chi connectivity index (χ4v) is 3.39. The first-order valence-electron chi connectivity index (χ1n) is 7.53. The molecule has 126 valence electrons. The van der Waals surface area contributed by atoms with Gasteiger partial charge in [0.05, 0.1) is 18.1 Å². The molecule has 0 spiro atoms. The van der Waals surface area contributed by atoms with E-state index in [2.05, 4.69) is 19.7 Å². The summed E-state index contributed by atoms with van der Waals surface area (Å²) < 4.78 is 7.48. The van der Waals surface area contributed by atoms with Crippen molar-refractivity contribution in [2.24, 2.45) is 0 Å². The zero-order chi connectivity index (χ0) is 17.3. The Labute approximate surface area is 143 Å². The number of Topliss-reactive ketones (excluding diaryl/α,β-unsaturated/α-hetero) is 1. The van der Waals surface area contributed by atoms with Crippen molar-refractivity contribution in [2.75, 3.05) is 5.73 Å². The predicted molar refractivity (Wildman–Crippen MR) is 92.2 cm³/mol. The molecule has 7 nitrogen and oxygen atoms in total. The summed E-state index contributed by atoms with van der Waals surface area (Å²) in [5.74, 6) is 1.14. The van der Waals surface area contributed by atoms with Crippen LogP contribution in [0.1, 0.15) is 34.4 Å². The average Bonchev–Trinajstić information content (AvgIpc) is 3.25. The van der Waals surface area contributed by atoms with Crippen LogP contribution in [0.4, 0.5) is 5.95 Å². The van der Waals surface area contributed by atoms with E-state index in [4.69, 9.17) is 10.2 Å². The molecule has 0 aliphatic carbocycles. The third-order valence-electron chi connectivity index (χ3n) is 3.87. The van der Waals surface area contributed by atoms with Crippen LogP contribution in [0.5, 0.6) is 0 Å². The Balaban J connectivity index is 1.79. The van der Waals surface area contributed by atoms with Crippen molar-refractivity contribution in [3.8, 4) is 0 Å². The summed E-state index contributed by atoms with van der Waals surface area (Å²) in [6.07, 6.45) is 1.65. The molecule has 8 heteroatoms. The van der Waals surface area contributed by atoms with Crippen molar-refractivity contribution in [1.29, 1.82) is 0 Å². The standard InChI is InChI=1S/C16H19N5O2S/c1-9-7-13(10(2)21(9)8-12-5-4-6-23-12)14(22)11(3)24-16-18-15(17)19-20-16/h4-7,11H,8H2,1-3H3,(H3,17,18,19,20)/t11-/m0/s1. The molecule has 0 amide bonds. The first-order chi connectivity index (χ1) is 11.5.